The van der Waals surface area contributed by atoms with Crippen molar-refractivity contribution in [2.24, 2.45) is 0 Å². The maximum absolute atomic E-state index is 12.5. The summed E-state index contributed by atoms with van der Waals surface area (Å²) in [5.41, 5.74) is 0.952. The van der Waals surface area contributed by atoms with E-state index < -0.39 is 0 Å². The lowest BCUT2D eigenvalue weighted by molar-refractivity contribution is -0.140. The number of amides is 2. The van der Waals surface area contributed by atoms with Gasteiger partial charge in [0, 0.05) is 26.2 Å². The van der Waals surface area contributed by atoms with Gasteiger partial charge in [0.2, 0.25) is 11.8 Å². The highest BCUT2D eigenvalue weighted by molar-refractivity contribution is 5.83. The predicted molar refractivity (Wildman–Crippen MR) is 90.9 cm³/mol. The topological polar surface area (TPSA) is 61.9 Å². The molecule has 3 rings (SSSR count). The number of rotatable bonds is 4. The number of nitrogens with zero attached hydrogens (tertiary/aromatic N) is 2. The molecule has 6 nitrogen and oxygen atoms in total. The first-order valence-corrected chi connectivity index (χ1v) is 8.60. The molecular weight excluding hydrogens is 306 g/mol. The van der Waals surface area contributed by atoms with Crippen LogP contribution in [0.3, 0.4) is 0 Å². The zero-order chi connectivity index (χ0) is 16.9. The van der Waals surface area contributed by atoms with Gasteiger partial charge in [0.25, 0.3) is 0 Å². The maximum Gasteiger partial charge on any atom is 0.239 e. The Morgan fingerprint density at radius 1 is 1.21 bits per heavy atom. The van der Waals surface area contributed by atoms with Crippen LogP contribution in [0, 0.1) is 0 Å². The molecule has 6 heteroatoms. The smallest absolute Gasteiger partial charge is 0.239 e. The summed E-state index contributed by atoms with van der Waals surface area (Å²) < 4.78 is 5.20. The average Bonchev–Trinajstić information content (AvgIpc) is 3.16. The second kappa shape index (κ2) is 7.66. The Labute approximate surface area is 142 Å². The molecule has 1 N–H and O–H groups in total. The number of hydrogen-bond acceptors (Lipinski definition) is 4. The SMILES string of the molecule is COc1cccc(CC(=O)N2CCN(C(=O)C3CCCN3)CC2)c1. The van der Waals surface area contributed by atoms with Crippen molar-refractivity contribution in [3.8, 4) is 5.75 Å². The molecule has 0 aromatic heterocycles. The minimum absolute atomic E-state index is 0.0240. The summed E-state index contributed by atoms with van der Waals surface area (Å²) in [5, 5.41) is 3.25. The van der Waals surface area contributed by atoms with E-state index in [1.165, 1.54) is 0 Å². The van der Waals surface area contributed by atoms with E-state index in [1.807, 2.05) is 34.1 Å². The largest absolute Gasteiger partial charge is 0.497 e. The third-order valence-electron chi connectivity index (χ3n) is 4.79. The third kappa shape index (κ3) is 3.87. The van der Waals surface area contributed by atoms with Crippen LogP contribution >= 0.6 is 0 Å². The second-order valence-electron chi connectivity index (χ2n) is 6.38. The van der Waals surface area contributed by atoms with Gasteiger partial charge in [-0.25, -0.2) is 0 Å². The molecule has 24 heavy (non-hydrogen) atoms. The Balaban J connectivity index is 1.50. The summed E-state index contributed by atoms with van der Waals surface area (Å²) in [5.74, 6) is 1.06. The Kier molecular flexibility index (Phi) is 5.35. The molecule has 1 unspecified atom stereocenters. The van der Waals surface area contributed by atoms with Crippen molar-refractivity contribution in [3.63, 3.8) is 0 Å². The van der Waals surface area contributed by atoms with Gasteiger partial charge in [-0.2, -0.15) is 0 Å². The Morgan fingerprint density at radius 3 is 2.62 bits per heavy atom. The van der Waals surface area contributed by atoms with E-state index in [-0.39, 0.29) is 17.9 Å². The van der Waals surface area contributed by atoms with Crippen molar-refractivity contribution in [1.29, 1.82) is 0 Å². The number of hydrogen-bond donors (Lipinski definition) is 1. The molecule has 2 amide bonds. The van der Waals surface area contributed by atoms with Gasteiger partial charge in [-0.15, -0.1) is 0 Å². The van der Waals surface area contributed by atoms with Gasteiger partial charge in [-0.1, -0.05) is 12.1 Å². The maximum atomic E-state index is 12.5. The number of nitrogens with one attached hydrogen (secondary N) is 1. The molecule has 0 saturated carbocycles. The minimum atomic E-state index is -0.0240. The van der Waals surface area contributed by atoms with Crippen LogP contribution in [-0.4, -0.2) is 67.5 Å². The molecular formula is C18H25N3O3. The zero-order valence-corrected chi connectivity index (χ0v) is 14.2. The van der Waals surface area contributed by atoms with Crippen LogP contribution in [0.4, 0.5) is 0 Å². The Morgan fingerprint density at radius 2 is 1.96 bits per heavy atom. The highest BCUT2D eigenvalue weighted by Gasteiger charge is 2.30. The monoisotopic (exact) mass is 331 g/mol. The Bertz CT molecular complexity index is 591. The van der Waals surface area contributed by atoms with Gasteiger partial charge in [0.05, 0.1) is 19.6 Å². The van der Waals surface area contributed by atoms with Crippen molar-refractivity contribution >= 4 is 11.8 Å². The molecule has 2 fully saturated rings. The fourth-order valence-corrected chi connectivity index (χ4v) is 3.36. The lowest BCUT2D eigenvalue weighted by Gasteiger charge is -2.36. The van der Waals surface area contributed by atoms with Crippen LogP contribution in [-0.2, 0) is 16.0 Å². The van der Waals surface area contributed by atoms with E-state index in [0.29, 0.717) is 32.6 Å². The second-order valence-corrected chi connectivity index (χ2v) is 6.38. The molecule has 2 heterocycles. The van der Waals surface area contributed by atoms with E-state index in [0.717, 1.165) is 30.7 Å². The molecule has 0 bridgehead atoms. The Hall–Kier alpha value is -2.08. The van der Waals surface area contributed by atoms with Crippen LogP contribution < -0.4 is 10.1 Å². The van der Waals surface area contributed by atoms with Gasteiger partial charge in [0.1, 0.15) is 5.75 Å². The molecule has 2 saturated heterocycles. The van der Waals surface area contributed by atoms with Crippen LogP contribution in [0.5, 0.6) is 5.75 Å². The highest BCUT2D eigenvalue weighted by atomic mass is 16.5. The van der Waals surface area contributed by atoms with Crippen LogP contribution in [0.1, 0.15) is 18.4 Å². The van der Waals surface area contributed by atoms with Gasteiger partial charge in [-0.05, 0) is 37.1 Å². The van der Waals surface area contributed by atoms with E-state index in [4.69, 9.17) is 4.74 Å². The fraction of sp³-hybridized carbons (Fsp3) is 0.556. The first-order valence-electron chi connectivity index (χ1n) is 8.60. The van der Waals surface area contributed by atoms with E-state index in [1.54, 1.807) is 7.11 Å². The predicted octanol–water partition coefficient (Wildman–Crippen LogP) is 0.661. The van der Waals surface area contributed by atoms with Gasteiger partial charge >= 0.3 is 0 Å². The number of ether oxygens (including phenoxy) is 1. The molecule has 1 aromatic carbocycles. The number of benzene rings is 1. The van der Waals surface area contributed by atoms with Gasteiger partial charge in [-0.3, -0.25) is 9.59 Å². The summed E-state index contributed by atoms with van der Waals surface area (Å²) >= 11 is 0. The normalized spacial score (nSPS) is 21.0. The summed E-state index contributed by atoms with van der Waals surface area (Å²) in [7, 11) is 1.62. The summed E-state index contributed by atoms with van der Waals surface area (Å²) in [6.07, 6.45) is 2.36. The molecule has 0 aliphatic carbocycles. The number of carbonyl (C=O) groups excluding carboxylic acids is 2. The lowest BCUT2D eigenvalue weighted by atomic mass is 10.1. The quantitative estimate of drug-likeness (QED) is 0.880. The average molecular weight is 331 g/mol. The van der Waals surface area contributed by atoms with Gasteiger partial charge in [0.15, 0.2) is 0 Å². The first kappa shape index (κ1) is 16.8. The summed E-state index contributed by atoms with van der Waals surface area (Å²) in [4.78, 5) is 28.6. The number of carbonyl (C=O) groups is 2. The van der Waals surface area contributed by atoms with Gasteiger partial charge < -0.3 is 19.9 Å². The van der Waals surface area contributed by atoms with Crippen LogP contribution in [0.15, 0.2) is 24.3 Å². The highest BCUT2D eigenvalue weighted by Crippen LogP contribution is 2.15. The fourth-order valence-electron chi connectivity index (χ4n) is 3.36. The van der Waals surface area contributed by atoms with Crippen LogP contribution in [0.25, 0.3) is 0 Å². The van der Waals surface area contributed by atoms with E-state index >= 15 is 0 Å². The molecule has 1 aromatic rings. The lowest BCUT2D eigenvalue weighted by Crippen LogP contribution is -2.54. The summed E-state index contributed by atoms with van der Waals surface area (Å²) in [6.45, 7) is 3.40. The van der Waals surface area contributed by atoms with E-state index in [2.05, 4.69) is 5.32 Å². The first-order chi connectivity index (χ1) is 11.7. The van der Waals surface area contributed by atoms with Crippen molar-refractivity contribution in [1.82, 2.24) is 15.1 Å². The number of methoxy groups -OCH3 is 1. The van der Waals surface area contributed by atoms with Crippen molar-refractivity contribution in [3.05, 3.63) is 29.8 Å². The molecule has 0 spiro atoms. The van der Waals surface area contributed by atoms with Crippen molar-refractivity contribution in [2.75, 3.05) is 39.8 Å². The zero-order valence-electron chi connectivity index (χ0n) is 14.2. The number of piperazine rings is 1. The summed E-state index contributed by atoms with van der Waals surface area (Å²) in [6, 6.07) is 7.57. The molecule has 2 aliphatic heterocycles. The minimum Gasteiger partial charge on any atom is -0.497 e. The standard InChI is InChI=1S/C18H25N3O3/c1-24-15-5-2-4-14(12-15)13-17(22)20-8-10-21(11-9-20)18(23)16-6-3-7-19-16/h2,4-5,12,16,19H,3,6-11,13H2,1H3. The van der Waals surface area contributed by atoms with E-state index in [9.17, 15) is 9.59 Å². The molecule has 1 atom stereocenters. The van der Waals surface area contributed by atoms with Crippen LogP contribution in [0.2, 0.25) is 0 Å². The van der Waals surface area contributed by atoms with Crippen molar-refractivity contribution < 1.29 is 14.3 Å². The molecule has 0 radical (unpaired) electrons. The molecule has 130 valence electrons. The molecule has 2 aliphatic rings. The van der Waals surface area contributed by atoms with Crippen molar-refractivity contribution in [2.45, 2.75) is 25.3 Å². The third-order valence-corrected chi connectivity index (χ3v) is 4.79.